The molecule has 72 valence electrons. The maximum absolute atomic E-state index is 9.23. The highest BCUT2D eigenvalue weighted by Crippen LogP contribution is 2.12. The first-order chi connectivity index (χ1) is 6.84. The van der Waals surface area contributed by atoms with E-state index in [2.05, 4.69) is 10.3 Å². The molecule has 0 amide bonds. The normalized spacial score (nSPS) is 15.6. The quantitative estimate of drug-likeness (QED) is 0.737. The molecular weight excluding hydrogens is 176 g/mol. The lowest BCUT2D eigenvalue weighted by Gasteiger charge is -1.95. The van der Waals surface area contributed by atoms with E-state index in [4.69, 9.17) is 0 Å². The minimum Gasteiger partial charge on any atom is -0.508 e. The highest BCUT2D eigenvalue weighted by molar-refractivity contribution is 5.97. The Morgan fingerprint density at radius 1 is 1.36 bits per heavy atom. The van der Waals surface area contributed by atoms with Gasteiger partial charge >= 0.3 is 0 Å². The van der Waals surface area contributed by atoms with Gasteiger partial charge in [-0.2, -0.15) is 0 Å². The highest BCUT2D eigenvalue weighted by atomic mass is 16.3. The predicted molar refractivity (Wildman–Crippen MR) is 57.4 cm³/mol. The molecule has 1 aliphatic rings. The summed E-state index contributed by atoms with van der Waals surface area (Å²) in [5, 5.41) is 12.4. The molecule has 0 aliphatic carbocycles. The minimum absolute atomic E-state index is 0.286. The van der Waals surface area contributed by atoms with Crippen LogP contribution in [-0.4, -0.2) is 24.0 Å². The number of rotatable bonds is 2. The first-order valence-corrected chi connectivity index (χ1v) is 4.60. The van der Waals surface area contributed by atoms with Gasteiger partial charge in [-0.15, -0.1) is 0 Å². The summed E-state index contributed by atoms with van der Waals surface area (Å²) in [6.07, 6.45) is 3.85. The lowest BCUT2D eigenvalue weighted by molar-refractivity contribution is 0.475. The molecule has 1 aliphatic heterocycles. The Bertz CT molecular complexity index is 383. The monoisotopic (exact) mass is 188 g/mol. The van der Waals surface area contributed by atoms with E-state index >= 15 is 0 Å². The number of hydrogen-bond acceptors (Lipinski definition) is 3. The van der Waals surface area contributed by atoms with Crippen LogP contribution in [-0.2, 0) is 0 Å². The van der Waals surface area contributed by atoms with Crippen LogP contribution in [0.5, 0.6) is 5.75 Å². The zero-order chi connectivity index (χ0) is 9.80. The molecular formula is C11H12N2O. The summed E-state index contributed by atoms with van der Waals surface area (Å²) in [6, 6.07) is 7.12. The smallest absolute Gasteiger partial charge is 0.120 e. The topological polar surface area (TPSA) is 44.6 Å². The van der Waals surface area contributed by atoms with Gasteiger partial charge in [0.1, 0.15) is 11.6 Å². The van der Waals surface area contributed by atoms with E-state index in [1.165, 1.54) is 0 Å². The van der Waals surface area contributed by atoms with Gasteiger partial charge in [0.05, 0.1) is 6.54 Å². The van der Waals surface area contributed by atoms with Crippen LogP contribution in [0.15, 0.2) is 35.3 Å². The van der Waals surface area contributed by atoms with Crippen molar-refractivity contribution in [2.24, 2.45) is 4.99 Å². The first-order valence-electron chi connectivity index (χ1n) is 4.60. The molecule has 1 heterocycles. The van der Waals surface area contributed by atoms with Crippen LogP contribution in [0.3, 0.4) is 0 Å². The SMILES string of the molecule is Oc1cccc(/C=C/C2=NCCN2)c1. The molecule has 0 atom stereocenters. The number of benzene rings is 1. The average Bonchev–Trinajstić information content (AvgIpc) is 2.67. The summed E-state index contributed by atoms with van der Waals surface area (Å²) in [4.78, 5) is 4.23. The van der Waals surface area contributed by atoms with E-state index < -0.39 is 0 Å². The number of phenolic OH excluding ortho intramolecular Hbond substituents is 1. The Morgan fingerprint density at radius 2 is 2.29 bits per heavy atom. The molecule has 0 aromatic heterocycles. The highest BCUT2D eigenvalue weighted by Gasteiger charge is 1.99. The van der Waals surface area contributed by atoms with Crippen molar-refractivity contribution in [1.82, 2.24) is 5.32 Å². The Labute approximate surface area is 82.8 Å². The van der Waals surface area contributed by atoms with Crippen molar-refractivity contribution in [3.05, 3.63) is 35.9 Å². The average molecular weight is 188 g/mol. The van der Waals surface area contributed by atoms with Crippen molar-refractivity contribution in [1.29, 1.82) is 0 Å². The number of aliphatic imine (C=N–C) groups is 1. The Kier molecular flexibility index (Phi) is 2.49. The molecule has 0 bridgehead atoms. The fourth-order valence-electron chi connectivity index (χ4n) is 1.33. The van der Waals surface area contributed by atoms with Gasteiger partial charge in [0.2, 0.25) is 0 Å². The fraction of sp³-hybridized carbons (Fsp3) is 0.182. The summed E-state index contributed by atoms with van der Waals surface area (Å²) in [5.74, 6) is 1.20. The maximum atomic E-state index is 9.23. The molecule has 2 rings (SSSR count). The van der Waals surface area contributed by atoms with Gasteiger partial charge < -0.3 is 10.4 Å². The molecule has 3 nitrogen and oxygen atoms in total. The molecule has 0 saturated carbocycles. The zero-order valence-corrected chi connectivity index (χ0v) is 7.77. The van der Waals surface area contributed by atoms with Crippen LogP contribution in [0.2, 0.25) is 0 Å². The molecule has 1 aromatic carbocycles. The second kappa shape index (κ2) is 3.96. The van der Waals surface area contributed by atoms with Crippen molar-refractivity contribution >= 4 is 11.9 Å². The molecule has 0 unspecified atom stereocenters. The first kappa shape index (κ1) is 8.81. The van der Waals surface area contributed by atoms with E-state index in [1.807, 2.05) is 24.3 Å². The van der Waals surface area contributed by atoms with E-state index in [-0.39, 0.29) is 5.75 Å². The number of amidine groups is 1. The molecule has 14 heavy (non-hydrogen) atoms. The summed E-state index contributed by atoms with van der Waals surface area (Å²) in [7, 11) is 0. The van der Waals surface area contributed by atoms with Crippen molar-refractivity contribution in [2.45, 2.75) is 0 Å². The van der Waals surface area contributed by atoms with Crippen LogP contribution in [0.4, 0.5) is 0 Å². The molecule has 0 radical (unpaired) electrons. The summed E-state index contributed by atoms with van der Waals surface area (Å²) in [6.45, 7) is 1.76. The zero-order valence-electron chi connectivity index (χ0n) is 7.77. The van der Waals surface area contributed by atoms with Crippen LogP contribution in [0.1, 0.15) is 5.56 Å². The number of phenols is 1. The summed E-state index contributed by atoms with van der Waals surface area (Å²) in [5.41, 5.74) is 0.974. The van der Waals surface area contributed by atoms with Crippen LogP contribution < -0.4 is 5.32 Å². The molecule has 1 aromatic rings. The second-order valence-electron chi connectivity index (χ2n) is 3.12. The van der Waals surface area contributed by atoms with Crippen molar-refractivity contribution < 1.29 is 5.11 Å². The Hall–Kier alpha value is -1.77. The van der Waals surface area contributed by atoms with Crippen LogP contribution >= 0.6 is 0 Å². The molecule has 2 N–H and O–H groups in total. The summed E-state index contributed by atoms with van der Waals surface area (Å²) >= 11 is 0. The number of nitrogens with one attached hydrogen (secondary N) is 1. The third kappa shape index (κ3) is 2.13. The van der Waals surface area contributed by atoms with Gasteiger partial charge in [-0.25, -0.2) is 0 Å². The third-order valence-electron chi connectivity index (χ3n) is 2.00. The number of hydrogen-bond donors (Lipinski definition) is 2. The van der Waals surface area contributed by atoms with Crippen molar-refractivity contribution in [3.8, 4) is 5.75 Å². The lowest BCUT2D eigenvalue weighted by atomic mass is 10.2. The number of aromatic hydroxyl groups is 1. The van der Waals surface area contributed by atoms with E-state index in [1.54, 1.807) is 12.1 Å². The largest absolute Gasteiger partial charge is 0.508 e. The van der Waals surface area contributed by atoms with E-state index in [9.17, 15) is 5.11 Å². The standard InChI is InChI=1S/C11H12N2O/c14-10-3-1-2-9(8-10)4-5-11-12-6-7-13-11/h1-5,8,14H,6-7H2,(H,12,13)/b5-4+. The van der Waals surface area contributed by atoms with Gasteiger partial charge in [0.15, 0.2) is 0 Å². The van der Waals surface area contributed by atoms with Gasteiger partial charge in [-0.3, -0.25) is 4.99 Å². The van der Waals surface area contributed by atoms with Gasteiger partial charge in [0.25, 0.3) is 0 Å². The van der Waals surface area contributed by atoms with E-state index in [0.29, 0.717) is 0 Å². The van der Waals surface area contributed by atoms with E-state index in [0.717, 1.165) is 24.5 Å². The van der Waals surface area contributed by atoms with Crippen LogP contribution in [0, 0.1) is 0 Å². The van der Waals surface area contributed by atoms with Gasteiger partial charge in [0, 0.05) is 6.54 Å². The third-order valence-corrected chi connectivity index (χ3v) is 2.00. The lowest BCUT2D eigenvalue weighted by Crippen LogP contribution is -2.15. The summed E-state index contributed by atoms with van der Waals surface area (Å²) < 4.78 is 0. The Morgan fingerprint density at radius 3 is 3.00 bits per heavy atom. The van der Waals surface area contributed by atoms with Crippen LogP contribution in [0.25, 0.3) is 6.08 Å². The molecule has 0 fully saturated rings. The fourth-order valence-corrected chi connectivity index (χ4v) is 1.33. The molecule has 0 spiro atoms. The molecule has 0 saturated heterocycles. The molecule has 3 heteroatoms. The minimum atomic E-state index is 0.286. The second-order valence-corrected chi connectivity index (χ2v) is 3.12. The Balaban J connectivity index is 2.09. The number of nitrogens with zero attached hydrogens (tertiary/aromatic N) is 1. The maximum Gasteiger partial charge on any atom is 0.120 e. The van der Waals surface area contributed by atoms with Gasteiger partial charge in [-0.1, -0.05) is 18.2 Å². The predicted octanol–water partition coefficient (Wildman–Crippen LogP) is 1.41. The van der Waals surface area contributed by atoms with Crippen molar-refractivity contribution in [2.75, 3.05) is 13.1 Å². The van der Waals surface area contributed by atoms with Crippen molar-refractivity contribution in [3.63, 3.8) is 0 Å². The van der Waals surface area contributed by atoms with Gasteiger partial charge in [-0.05, 0) is 23.8 Å².